The first-order chi connectivity index (χ1) is 6.61. The molecule has 1 amide bonds. The number of nitrogens with zero attached hydrogens (tertiary/aromatic N) is 1. The van der Waals surface area contributed by atoms with E-state index in [9.17, 15) is 4.79 Å². The van der Waals surface area contributed by atoms with Gasteiger partial charge in [0.1, 0.15) is 5.75 Å². The van der Waals surface area contributed by atoms with Crippen LogP contribution in [-0.4, -0.2) is 19.6 Å². The molecular weight excluding hydrogens is 246 g/mol. The highest BCUT2D eigenvalue weighted by Crippen LogP contribution is 2.37. The molecule has 0 aromatic heterocycles. The molecule has 0 aliphatic carbocycles. The number of fused-ring (bicyclic) bond motifs is 1. The molecule has 4 heteroatoms. The number of anilines is 1. The molecule has 0 bridgehead atoms. The standard InChI is InChI=1S/C10H10BrNO2/c1-6-7(11)3-4-8-10(6)14-5-9(13)12(8)2/h3-4H,5H2,1-2H3. The number of rotatable bonds is 0. The second kappa shape index (κ2) is 3.28. The Labute approximate surface area is 90.8 Å². The second-order valence-electron chi connectivity index (χ2n) is 3.26. The maximum Gasteiger partial charge on any atom is 0.264 e. The highest BCUT2D eigenvalue weighted by Gasteiger charge is 2.23. The fourth-order valence-electron chi connectivity index (χ4n) is 1.46. The molecule has 0 N–H and O–H groups in total. The van der Waals surface area contributed by atoms with Gasteiger partial charge in [-0.3, -0.25) is 4.79 Å². The molecule has 1 aliphatic heterocycles. The number of carbonyl (C=O) groups is 1. The predicted molar refractivity (Wildman–Crippen MR) is 57.8 cm³/mol. The van der Waals surface area contributed by atoms with Gasteiger partial charge in [-0.1, -0.05) is 15.9 Å². The molecule has 0 radical (unpaired) electrons. The van der Waals surface area contributed by atoms with Crippen molar-refractivity contribution in [3.8, 4) is 5.75 Å². The number of carbonyl (C=O) groups excluding carboxylic acids is 1. The van der Waals surface area contributed by atoms with E-state index in [4.69, 9.17) is 4.74 Å². The predicted octanol–water partition coefficient (Wildman–Crippen LogP) is 2.11. The Balaban J connectivity index is 2.59. The van der Waals surface area contributed by atoms with Gasteiger partial charge in [0, 0.05) is 17.1 Å². The van der Waals surface area contributed by atoms with E-state index in [2.05, 4.69) is 15.9 Å². The quantitative estimate of drug-likeness (QED) is 0.711. The zero-order valence-electron chi connectivity index (χ0n) is 8.00. The minimum absolute atomic E-state index is 0.0146. The minimum atomic E-state index is -0.0146. The number of amides is 1. The van der Waals surface area contributed by atoms with Crippen LogP contribution in [-0.2, 0) is 4.79 Å². The lowest BCUT2D eigenvalue weighted by molar-refractivity contribution is -0.121. The van der Waals surface area contributed by atoms with Crippen molar-refractivity contribution in [2.24, 2.45) is 0 Å². The van der Waals surface area contributed by atoms with Crippen LogP contribution in [0, 0.1) is 6.92 Å². The van der Waals surface area contributed by atoms with Gasteiger partial charge in [0.2, 0.25) is 0 Å². The Morgan fingerprint density at radius 3 is 2.93 bits per heavy atom. The van der Waals surface area contributed by atoms with Crippen molar-refractivity contribution < 1.29 is 9.53 Å². The molecule has 1 aliphatic rings. The number of likely N-dealkylation sites (N-methyl/N-ethyl adjacent to an activating group) is 1. The van der Waals surface area contributed by atoms with Crippen LogP contribution in [0.3, 0.4) is 0 Å². The lowest BCUT2D eigenvalue weighted by Crippen LogP contribution is -2.35. The van der Waals surface area contributed by atoms with Crippen LogP contribution in [0.25, 0.3) is 0 Å². The SMILES string of the molecule is Cc1c(Br)ccc2c1OCC(=O)N2C. The summed E-state index contributed by atoms with van der Waals surface area (Å²) < 4.78 is 6.40. The van der Waals surface area contributed by atoms with Crippen molar-refractivity contribution >= 4 is 27.5 Å². The summed E-state index contributed by atoms with van der Waals surface area (Å²) >= 11 is 3.43. The maximum atomic E-state index is 11.3. The summed E-state index contributed by atoms with van der Waals surface area (Å²) in [5.74, 6) is 0.778. The molecule has 0 atom stereocenters. The summed E-state index contributed by atoms with van der Waals surface area (Å²) in [6.45, 7) is 2.09. The number of ether oxygens (including phenoxy) is 1. The van der Waals surface area contributed by atoms with E-state index in [1.54, 1.807) is 11.9 Å². The summed E-state index contributed by atoms with van der Waals surface area (Å²) in [6.07, 6.45) is 0. The number of hydrogen-bond donors (Lipinski definition) is 0. The first-order valence-electron chi connectivity index (χ1n) is 4.29. The molecule has 14 heavy (non-hydrogen) atoms. The van der Waals surface area contributed by atoms with Gasteiger partial charge in [0.25, 0.3) is 5.91 Å². The van der Waals surface area contributed by atoms with E-state index >= 15 is 0 Å². The van der Waals surface area contributed by atoms with Crippen molar-refractivity contribution in [1.82, 2.24) is 0 Å². The van der Waals surface area contributed by atoms with Crippen molar-refractivity contribution in [2.75, 3.05) is 18.6 Å². The lowest BCUT2D eigenvalue weighted by Gasteiger charge is -2.27. The summed E-state index contributed by atoms with van der Waals surface area (Å²) in [5, 5.41) is 0. The Morgan fingerprint density at radius 2 is 2.21 bits per heavy atom. The van der Waals surface area contributed by atoms with E-state index in [0.717, 1.165) is 21.5 Å². The van der Waals surface area contributed by atoms with Gasteiger partial charge in [0.05, 0.1) is 5.69 Å². The third-order valence-corrected chi connectivity index (χ3v) is 3.25. The molecule has 1 heterocycles. The van der Waals surface area contributed by atoms with Crippen LogP contribution in [0.1, 0.15) is 5.56 Å². The van der Waals surface area contributed by atoms with Gasteiger partial charge in [0.15, 0.2) is 6.61 Å². The average Bonchev–Trinajstić information content (AvgIpc) is 2.17. The van der Waals surface area contributed by atoms with Crippen LogP contribution in [0.15, 0.2) is 16.6 Å². The van der Waals surface area contributed by atoms with E-state index < -0.39 is 0 Å². The first-order valence-corrected chi connectivity index (χ1v) is 5.09. The Kier molecular flexibility index (Phi) is 2.23. The van der Waals surface area contributed by atoms with Gasteiger partial charge in [-0.15, -0.1) is 0 Å². The lowest BCUT2D eigenvalue weighted by atomic mass is 10.1. The van der Waals surface area contributed by atoms with Crippen LogP contribution >= 0.6 is 15.9 Å². The highest BCUT2D eigenvalue weighted by atomic mass is 79.9. The van der Waals surface area contributed by atoms with Gasteiger partial charge >= 0.3 is 0 Å². The van der Waals surface area contributed by atoms with Crippen LogP contribution in [0.5, 0.6) is 5.75 Å². The van der Waals surface area contributed by atoms with Crippen LogP contribution < -0.4 is 9.64 Å². The molecule has 1 aromatic rings. The molecule has 74 valence electrons. The van der Waals surface area contributed by atoms with Gasteiger partial charge < -0.3 is 9.64 Å². The highest BCUT2D eigenvalue weighted by molar-refractivity contribution is 9.10. The second-order valence-corrected chi connectivity index (χ2v) is 4.12. The molecule has 0 saturated heterocycles. The number of hydrogen-bond acceptors (Lipinski definition) is 2. The summed E-state index contributed by atoms with van der Waals surface area (Å²) in [4.78, 5) is 13.0. The summed E-state index contributed by atoms with van der Waals surface area (Å²) in [5.41, 5.74) is 1.86. The van der Waals surface area contributed by atoms with Crippen molar-refractivity contribution in [3.63, 3.8) is 0 Å². The third kappa shape index (κ3) is 1.30. The van der Waals surface area contributed by atoms with E-state index in [1.807, 2.05) is 19.1 Å². The first kappa shape index (κ1) is 9.52. The minimum Gasteiger partial charge on any atom is -0.481 e. The Hall–Kier alpha value is -1.03. The third-order valence-electron chi connectivity index (χ3n) is 2.39. The van der Waals surface area contributed by atoms with Crippen molar-refractivity contribution in [1.29, 1.82) is 0 Å². The molecule has 3 nitrogen and oxygen atoms in total. The fourth-order valence-corrected chi connectivity index (χ4v) is 1.78. The monoisotopic (exact) mass is 255 g/mol. The van der Waals surface area contributed by atoms with E-state index in [0.29, 0.717) is 0 Å². The topological polar surface area (TPSA) is 29.5 Å². The van der Waals surface area contributed by atoms with Crippen LogP contribution in [0.4, 0.5) is 5.69 Å². The fraction of sp³-hybridized carbons (Fsp3) is 0.300. The molecular formula is C10H10BrNO2. The molecule has 2 rings (SSSR count). The smallest absolute Gasteiger partial charge is 0.264 e. The van der Waals surface area contributed by atoms with Crippen molar-refractivity contribution in [2.45, 2.75) is 6.92 Å². The molecule has 1 aromatic carbocycles. The van der Waals surface area contributed by atoms with Crippen molar-refractivity contribution in [3.05, 3.63) is 22.2 Å². The number of benzene rings is 1. The Morgan fingerprint density at radius 1 is 1.50 bits per heavy atom. The normalized spacial score (nSPS) is 15.1. The van der Waals surface area contributed by atoms with E-state index in [1.165, 1.54) is 0 Å². The molecule has 0 spiro atoms. The zero-order chi connectivity index (χ0) is 10.3. The average molecular weight is 256 g/mol. The Bertz CT molecular complexity index is 403. The maximum absolute atomic E-state index is 11.3. The van der Waals surface area contributed by atoms with Gasteiger partial charge in [-0.05, 0) is 19.1 Å². The van der Waals surface area contributed by atoms with E-state index in [-0.39, 0.29) is 12.5 Å². The van der Waals surface area contributed by atoms with Crippen LogP contribution in [0.2, 0.25) is 0 Å². The largest absolute Gasteiger partial charge is 0.481 e. The van der Waals surface area contributed by atoms with Gasteiger partial charge in [-0.25, -0.2) is 0 Å². The summed E-state index contributed by atoms with van der Waals surface area (Å²) in [6, 6.07) is 3.80. The number of halogens is 1. The molecule has 0 unspecified atom stereocenters. The molecule has 0 saturated carbocycles. The zero-order valence-corrected chi connectivity index (χ0v) is 9.59. The summed E-state index contributed by atoms with van der Waals surface area (Å²) in [7, 11) is 1.76. The van der Waals surface area contributed by atoms with Gasteiger partial charge in [-0.2, -0.15) is 0 Å². The molecule has 0 fully saturated rings.